The zero-order valence-corrected chi connectivity index (χ0v) is 20.6. The minimum atomic E-state index is -0.776. The molecular weight excluding hydrogens is 432 g/mol. The molecule has 6 heteroatoms. The summed E-state index contributed by atoms with van der Waals surface area (Å²) in [6, 6.07) is 0. The van der Waals surface area contributed by atoms with E-state index in [-0.39, 0.29) is 54.4 Å². The number of esters is 1. The van der Waals surface area contributed by atoms with Crippen molar-refractivity contribution in [2.75, 3.05) is 13.2 Å². The average Bonchev–Trinajstić information content (AvgIpc) is 3.39. The van der Waals surface area contributed by atoms with Gasteiger partial charge in [-0.15, -0.1) is 0 Å². The third-order valence-electron chi connectivity index (χ3n) is 11.5. The Morgan fingerprint density at radius 3 is 2.68 bits per heavy atom. The summed E-state index contributed by atoms with van der Waals surface area (Å²) in [5.41, 5.74) is 0.235. The van der Waals surface area contributed by atoms with Crippen LogP contribution >= 0.6 is 0 Å². The van der Waals surface area contributed by atoms with Crippen molar-refractivity contribution in [3.05, 3.63) is 23.3 Å². The molecule has 3 saturated carbocycles. The van der Waals surface area contributed by atoms with Crippen LogP contribution in [-0.2, 0) is 19.1 Å². The van der Waals surface area contributed by atoms with Crippen LogP contribution in [0.15, 0.2) is 23.3 Å². The van der Waals surface area contributed by atoms with Crippen molar-refractivity contribution in [3.63, 3.8) is 0 Å². The first-order valence-electron chi connectivity index (χ1n) is 13.2. The third kappa shape index (κ3) is 2.68. The van der Waals surface area contributed by atoms with Gasteiger partial charge in [0.15, 0.2) is 5.78 Å². The minimum absolute atomic E-state index is 0.0704. The van der Waals surface area contributed by atoms with Gasteiger partial charge in [-0.05, 0) is 86.5 Å². The van der Waals surface area contributed by atoms with Crippen molar-refractivity contribution in [1.82, 2.24) is 0 Å². The van der Waals surface area contributed by atoms with E-state index in [1.165, 1.54) is 0 Å². The molecule has 2 N–H and O–H groups in total. The smallest absolute Gasteiger partial charge is 0.336 e. The Labute approximate surface area is 201 Å². The molecule has 10 atom stereocenters. The summed E-state index contributed by atoms with van der Waals surface area (Å²) in [6.07, 6.45) is 10.2. The largest absolute Gasteiger partial charge is 0.458 e. The van der Waals surface area contributed by atoms with E-state index in [2.05, 4.69) is 13.8 Å². The zero-order chi connectivity index (χ0) is 24.0. The summed E-state index contributed by atoms with van der Waals surface area (Å²) in [5.74, 6) is 1.43. The van der Waals surface area contributed by atoms with Crippen molar-refractivity contribution in [1.29, 1.82) is 0 Å². The number of aliphatic hydroxyl groups is 2. The van der Waals surface area contributed by atoms with E-state index in [1.54, 1.807) is 6.08 Å². The SMILES string of the molecule is CC1=C(CO)C(=O)OC(C(C)C2CCC3C4CC5OC56CC=CC(=O)C6(CO)C4CCC23C)C1. The van der Waals surface area contributed by atoms with Crippen molar-refractivity contribution < 1.29 is 29.3 Å². The number of ketones is 1. The Morgan fingerprint density at radius 1 is 1.18 bits per heavy atom. The highest BCUT2D eigenvalue weighted by Gasteiger charge is 2.79. The first-order valence-corrected chi connectivity index (χ1v) is 13.2. The molecule has 6 rings (SSSR count). The molecule has 0 aromatic carbocycles. The second-order valence-corrected chi connectivity index (χ2v) is 12.4. The van der Waals surface area contributed by atoms with Gasteiger partial charge in [-0.3, -0.25) is 4.79 Å². The van der Waals surface area contributed by atoms with E-state index < -0.39 is 11.0 Å². The standard InChI is InChI=1S/C28H38O6/c1-15-11-22(33-25(32)18(15)13-29)16(2)19-6-7-20-17-12-24-28(34-24)9-4-5-23(31)27(28,14-30)21(17)8-10-26(19,20)3/h4-5,16-17,19-22,24,29-30H,6-14H2,1-3H3. The van der Waals surface area contributed by atoms with Crippen LogP contribution in [0, 0.1) is 40.4 Å². The van der Waals surface area contributed by atoms with E-state index in [9.17, 15) is 19.8 Å². The summed E-state index contributed by atoms with van der Waals surface area (Å²) in [5, 5.41) is 20.2. The third-order valence-corrected chi connectivity index (χ3v) is 11.5. The van der Waals surface area contributed by atoms with Crippen molar-refractivity contribution in [2.24, 2.45) is 40.4 Å². The molecule has 0 aromatic rings. The van der Waals surface area contributed by atoms with Crippen LogP contribution in [-0.4, -0.2) is 53.0 Å². The summed E-state index contributed by atoms with van der Waals surface area (Å²) >= 11 is 0. The fourth-order valence-corrected chi connectivity index (χ4v) is 9.72. The molecule has 4 fully saturated rings. The maximum Gasteiger partial charge on any atom is 0.336 e. The molecule has 186 valence electrons. The number of ether oxygens (including phenoxy) is 2. The molecule has 1 saturated heterocycles. The molecule has 0 bridgehead atoms. The van der Waals surface area contributed by atoms with E-state index in [1.807, 2.05) is 13.0 Å². The Morgan fingerprint density at radius 2 is 1.97 bits per heavy atom. The number of fused-ring (bicyclic) bond motifs is 4. The number of carbonyl (C=O) groups excluding carboxylic acids is 2. The Kier molecular flexibility index (Phi) is 5.06. The predicted octanol–water partition coefficient (Wildman–Crippen LogP) is 3.35. The molecule has 10 unspecified atom stereocenters. The van der Waals surface area contributed by atoms with Crippen LogP contribution < -0.4 is 0 Å². The maximum absolute atomic E-state index is 13.3. The predicted molar refractivity (Wildman–Crippen MR) is 124 cm³/mol. The fraction of sp³-hybridized carbons (Fsp3) is 0.786. The molecule has 1 spiro atoms. The van der Waals surface area contributed by atoms with Gasteiger partial charge in [-0.2, -0.15) is 0 Å². The maximum atomic E-state index is 13.3. The zero-order valence-electron chi connectivity index (χ0n) is 20.6. The molecule has 6 aliphatic rings. The summed E-state index contributed by atoms with van der Waals surface area (Å²) in [4.78, 5) is 25.8. The molecule has 6 nitrogen and oxygen atoms in total. The van der Waals surface area contributed by atoms with Gasteiger partial charge in [0.1, 0.15) is 11.7 Å². The molecule has 34 heavy (non-hydrogen) atoms. The van der Waals surface area contributed by atoms with Gasteiger partial charge >= 0.3 is 5.97 Å². The van der Waals surface area contributed by atoms with Crippen LogP contribution in [0.1, 0.15) is 65.7 Å². The highest BCUT2D eigenvalue weighted by Crippen LogP contribution is 2.73. The molecule has 0 aromatic heterocycles. The van der Waals surface area contributed by atoms with Crippen LogP contribution in [0.3, 0.4) is 0 Å². The van der Waals surface area contributed by atoms with Gasteiger partial charge in [0, 0.05) is 6.42 Å². The average molecular weight is 471 g/mol. The lowest BCUT2D eigenvalue weighted by Gasteiger charge is -2.58. The summed E-state index contributed by atoms with van der Waals surface area (Å²) in [6.45, 7) is 6.22. The number of aliphatic hydroxyl groups excluding tert-OH is 2. The van der Waals surface area contributed by atoms with Gasteiger partial charge in [0.25, 0.3) is 0 Å². The molecule has 2 heterocycles. The lowest BCUT2D eigenvalue weighted by Crippen LogP contribution is -2.63. The summed E-state index contributed by atoms with van der Waals surface area (Å²) < 4.78 is 12.2. The number of rotatable bonds is 4. The lowest BCUT2D eigenvalue weighted by molar-refractivity contribution is -0.157. The van der Waals surface area contributed by atoms with Crippen molar-refractivity contribution >= 4 is 11.8 Å². The summed E-state index contributed by atoms with van der Waals surface area (Å²) in [7, 11) is 0. The van der Waals surface area contributed by atoms with E-state index >= 15 is 0 Å². The first-order chi connectivity index (χ1) is 16.2. The second-order valence-electron chi connectivity index (χ2n) is 12.4. The number of carbonyl (C=O) groups is 2. The minimum Gasteiger partial charge on any atom is -0.458 e. The molecular formula is C28H38O6. The highest BCUT2D eigenvalue weighted by molar-refractivity contribution is 5.98. The molecule has 4 aliphatic carbocycles. The van der Waals surface area contributed by atoms with Crippen LogP contribution in [0.25, 0.3) is 0 Å². The first kappa shape index (κ1) is 22.9. The monoisotopic (exact) mass is 470 g/mol. The van der Waals surface area contributed by atoms with E-state index in [0.29, 0.717) is 29.7 Å². The van der Waals surface area contributed by atoms with Gasteiger partial charge in [-0.25, -0.2) is 4.79 Å². The normalized spacial score (nSPS) is 50.1. The molecule has 0 radical (unpaired) electrons. The van der Waals surface area contributed by atoms with Crippen LogP contribution in [0.4, 0.5) is 0 Å². The van der Waals surface area contributed by atoms with Gasteiger partial charge < -0.3 is 19.7 Å². The van der Waals surface area contributed by atoms with Crippen molar-refractivity contribution in [3.8, 4) is 0 Å². The van der Waals surface area contributed by atoms with Crippen LogP contribution in [0.2, 0.25) is 0 Å². The number of allylic oxidation sites excluding steroid dienone is 1. The number of cyclic esters (lactones) is 1. The van der Waals surface area contributed by atoms with E-state index in [0.717, 1.165) is 44.1 Å². The topological polar surface area (TPSA) is 96.4 Å². The van der Waals surface area contributed by atoms with Gasteiger partial charge in [0.05, 0.1) is 30.3 Å². The molecule has 2 aliphatic heterocycles. The number of hydrogen-bond acceptors (Lipinski definition) is 6. The Bertz CT molecular complexity index is 983. The fourth-order valence-electron chi connectivity index (χ4n) is 9.72. The highest BCUT2D eigenvalue weighted by atomic mass is 16.6. The van der Waals surface area contributed by atoms with Crippen molar-refractivity contribution in [2.45, 2.75) is 83.5 Å². The second kappa shape index (κ2) is 7.50. The Hall–Kier alpha value is -1.50. The van der Waals surface area contributed by atoms with Gasteiger partial charge in [-0.1, -0.05) is 25.5 Å². The number of epoxide rings is 1. The van der Waals surface area contributed by atoms with Crippen LogP contribution in [0.5, 0.6) is 0 Å². The van der Waals surface area contributed by atoms with E-state index in [4.69, 9.17) is 9.47 Å². The quantitative estimate of drug-likeness (QED) is 0.483. The molecule has 0 amide bonds. The number of hydrogen-bond donors (Lipinski definition) is 2. The van der Waals surface area contributed by atoms with Gasteiger partial charge in [0.2, 0.25) is 0 Å². The lowest BCUT2D eigenvalue weighted by atomic mass is 9.44. The Balaban J connectivity index is 1.28.